The number of aryl methyl sites for hydroxylation is 3. The second-order valence-corrected chi connectivity index (χ2v) is 40.6. The number of aliphatic hydroxyl groups excluding tert-OH is 1. The van der Waals surface area contributed by atoms with Crippen molar-refractivity contribution in [2.24, 2.45) is 5.92 Å². The third-order valence-corrected chi connectivity index (χ3v) is 26.0. The van der Waals surface area contributed by atoms with Crippen LogP contribution in [0.4, 0.5) is 79.7 Å². The summed E-state index contributed by atoms with van der Waals surface area (Å²) in [7, 11) is 0. The Morgan fingerprint density at radius 2 is 0.819 bits per heavy atom. The number of halogens is 12. The smallest absolute Gasteiger partial charge is 0.410 e. The molecule has 766 valence electrons. The Morgan fingerprint density at radius 1 is 0.458 bits per heavy atom. The highest BCUT2D eigenvalue weighted by Crippen LogP contribution is 2.46. The van der Waals surface area contributed by atoms with Crippen LogP contribution in [-0.4, -0.2) is 202 Å². The topological polar surface area (TPSA) is 310 Å². The molecule has 3 fully saturated rings. The molecule has 6 atom stereocenters. The van der Waals surface area contributed by atoms with Gasteiger partial charge in [-0.15, -0.1) is 0 Å². The number of amides is 2. The molecular formula is C104H115F12N17O11. The molecule has 0 saturated carbocycles. The van der Waals surface area contributed by atoms with Crippen LogP contribution in [0.1, 0.15) is 208 Å². The van der Waals surface area contributed by atoms with Gasteiger partial charge in [0.1, 0.15) is 87.0 Å². The Bertz CT molecular complexity index is 7120. The zero-order valence-corrected chi connectivity index (χ0v) is 83.1. The molecule has 9 aromatic heterocycles. The Balaban J connectivity index is 0.000000163. The molecule has 4 bridgehead atoms. The van der Waals surface area contributed by atoms with Gasteiger partial charge in [-0.05, 0) is 221 Å². The number of alkyl halides is 6. The van der Waals surface area contributed by atoms with Crippen molar-refractivity contribution in [3.63, 3.8) is 0 Å². The number of hydrogen-bond donors (Lipinski definition) is 2. The first-order valence-corrected chi connectivity index (χ1v) is 47.9. The zero-order valence-electron chi connectivity index (χ0n) is 83.1. The zero-order chi connectivity index (χ0) is 104. The number of piperidine rings is 1. The van der Waals surface area contributed by atoms with Crippen LogP contribution >= 0.6 is 0 Å². The number of aromatic nitrogens is 12. The van der Waals surface area contributed by atoms with Gasteiger partial charge in [-0.25, -0.2) is 105 Å². The Morgan fingerprint density at radius 3 is 1.20 bits per heavy atom. The summed E-state index contributed by atoms with van der Waals surface area (Å²) in [6, 6.07) is 17.0. The summed E-state index contributed by atoms with van der Waals surface area (Å²) in [5, 5.41) is 20.2. The van der Waals surface area contributed by atoms with E-state index in [2.05, 4.69) is 51.8 Å². The number of phenolic OH excluding ortho intramolecular Hbond substituents is 1. The molecule has 3 aromatic carbocycles. The second-order valence-electron chi connectivity index (χ2n) is 40.6. The molecule has 5 aliphatic heterocycles. The van der Waals surface area contributed by atoms with E-state index in [1.807, 2.05) is 53.4 Å². The number of phenols is 1. The monoisotopic (exact) mass is 2010 g/mol. The molecule has 12 aromatic rings. The van der Waals surface area contributed by atoms with Crippen LogP contribution in [0.25, 0.3) is 83.9 Å². The standard InChI is InChI=1S/C36H42F4N6O5.C36H40F4N6O4.C32H33F4N5O2/c1-19(2)28-30(22(12-14-41-28)11-13-36(39,40)18-47)46-32-23(15-25(38)29(42-32)27-24(37)9-8-10-26(27)48)31(43-33(46)49)44-16-21(4)45(17-20(44)3)34(50)51-35(5,6)7;1-19(2)28-30-22(12-14-41-28)11-13-36(39,40)18-49-26-10-8-9-24(37)27(26)29-25(38)15-23-31(43-33(47)46(30)32(23)42-29)44-16-21(4)45(17-20(44)3)34(48)50-35(5,6)7;1-17(2)26-28-20(11-13-37-26)10-12-32(35,36)16-43-24-7-5-6-22(33)25(24)27-23(34)14-21-29(39-31(42)41(28)30(21)38-27)40-15-18(3)8-9-19(40)4/h8-10,12,14-15,19-21,47-48H,11,13,16-18H2,1-7H3;8-10,12,14-15,19-21H,11,13,16-18H2,1-7H3;5-7,11,13-14,17-19H,8-10,12,15-16H2,1-4H3/t2*20-,21+;18-,19-/m000/s1. The molecule has 0 radical (unpaired) electrons. The van der Waals surface area contributed by atoms with Crippen molar-refractivity contribution in [2.45, 2.75) is 253 Å². The molecule has 28 nitrogen and oxygen atoms in total. The van der Waals surface area contributed by atoms with Gasteiger partial charge in [-0.3, -0.25) is 15.0 Å². The molecule has 17 rings (SSSR count). The van der Waals surface area contributed by atoms with Gasteiger partial charge in [0.25, 0.3) is 17.8 Å². The summed E-state index contributed by atoms with van der Waals surface area (Å²) in [5.41, 5.74) is -4.18. The maximum absolute atomic E-state index is 16.4. The van der Waals surface area contributed by atoms with E-state index in [1.54, 1.807) is 101 Å². The fraction of sp³-hybridized carbons (Fsp3) is 0.462. The fourth-order valence-electron chi connectivity index (χ4n) is 18.9. The lowest BCUT2D eigenvalue weighted by atomic mass is 9.95. The van der Waals surface area contributed by atoms with Gasteiger partial charge >= 0.3 is 29.3 Å². The third-order valence-electron chi connectivity index (χ3n) is 26.0. The number of pyridine rings is 6. The number of aliphatic hydroxyl groups is 1. The molecule has 3 saturated heterocycles. The number of aromatic hydroxyl groups is 1. The molecule has 0 unspecified atom stereocenters. The van der Waals surface area contributed by atoms with Crippen LogP contribution in [0.3, 0.4) is 0 Å². The number of benzene rings is 3. The van der Waals surface area contributed by atoms with Crippen molar-refractivity contribution in [1.82, 2.24) is 68.4 Å². The number of carbonyl (C=O) groups excluding carboxylic acids is 2. The van der Waals surface area contributed by atoms with Crippen molar-refractivity contribution in [3.8, 4) is 68.1 Å². The van der Waals surface area contributed by atoms with E-state index in [9.17, 15) is 43.0 Å². The van der Waals surface area contributed by atoms with Crippen molar-refractivity contribution < 1.29 is 91.4 Å². The number of anilines is 3. The number of nitrogens with zero attached hydrogens (tertiary/aromatic N) is 17. The summed E-state index contributed by atoms with van der Waals surface area (Å²) in [6.07, 6.45) is 2.68. The lowest BCUT2D eigenvalue weighted by Gasteiger charge is -2.44. The highest BCUT2D eigenvalue weighted by molar-refractivity contribution is 5.94. The van der Waals surface area contributed by atoms with Gasteiger partial charge in [0.2, 0.25) is 0 Å². The van der Waals surface area contributed by atoms with Crippen molar-refractivity contribution in [3.05, 3.63) is 210 Å². The highest BCUT2D eigenvalue weighted by Gasteiger charge is 2.44. The lowest BCUT2D eigenvalue weighted by molar-refractivity contribution is -0.0558. The predicted molar refractivity (Wildman–Crippen MR) is 520 cm³/mol. The Labute approximate surface area is 822 Å². The van der Waals surface area contributed by atoms with Gasteiger partial charge in [0.15, 0.2) is 47.6 Å². The molecule has 144 heavy (non-hydrogen) atoms. The van der Waals surface area contributed by atoms with Gasteiger partial charge in [0, 0.05) is 101 Å². The number of piperazine rings is 2. The Hall–Kier alpha value is -13.6. The molecular weight excluding hydrogens is 1890 g/mol. The minimum Gasteiger partial charge on any atom is -0.507 e. The fourth-order valence-corrected chi connectivity index (χ4v) is 18.9. The molecule has 5 aliphatic rings. The van der Waals surface area contributed by atoms with E-state index < -0.39 is 196 Å². The summed E-state index contributed by atoms with van der Waals surface area (Å²) in [4.78, 5) is 118. The van der Waals surface area contributed by atoms with Crippen molar-refractivity contribution in [2.75, 3.05) is 67.2 Å². The third kappa shape index (κ3) is 21.6. The van der Waals surface area contributed by atoms with Crippen LogP contribution in [0.5, 0.6) is 17.2 Å². The number of hydrogen-bond acceptors (Lipinski definition) is 23. The predicted octanol–water partition coefficient (Wildman–Crippen LogP) is 20.2. The molecule has 14 heterocycles. The van der Waals surface area contributed by atoms with Crippen LogP contribution in [0, 0.1) is 40.8 Å². The number of fused-ring (bicyclic) bond motifs is 11. The van der Waals surface area contributed by atoms with Crippen molar-refractivity contribution in [1.29, 1.82) is 0 Å². The minimum absolute atomic E-state index is 0.0213. The number of ether oxygens (including phenoxy) is 4. The minimum atomic E-state index is -3.42. The van der Waals surface area contributed by atoms with Crippen LogP contribution in [0.15, 0.2) is 124 Å². The van der Waals surface area contributed by atoms with E-state index in [0.29, 0.717) is 40.7 Å². The maximum atomic E-state index is 16.4. The summed E-state index contributed by atoms with van der Waals surface area (Å²) in [6.45, 7) is 30.9. The molecule has 40 heteroatoms. The van der Waals surface area contributed by atoms with E-state index in [0.717, 1.165) is 47.7 Å². The van der Waals surface area contributed by atoms with Gasteiger partial charge in [0.05, 0.1) is 67.0 Å². The van der Waals surface area contributed by atoms with Gasteiger partial charge < -0.3 is 53.7 Å². The summed E-state index contributed by atoms with van der Waals surface area (Å²) >= 11 is 0. The number of rotatable bonds is 12. The van der Waals surface area contributed by atoms with Gasteiger partial charge in [-0.2, -0.15) is 15.0 Å². The van der Waals surface area contributed by atoms with E-state index in [1.165, 1.54) is 76.3 Å². The van der Waals surface area contributed by atoms with E-state index >= 15 is 43.9 Å². The SMILES string of the molecule is CC(C)c1nccc(CCC(F)(F)CO)c1-n1c(=O)nc(N2C[C@@H](C)N(C(=O)OC(C)(C)C)C[C@@H]2C)c2cc(F)c(-c3c(O)cccc3F)nc21.CC(C)c1nccc2c1-n1c(=O)nc(N3C[C@@H](C)CC[C@@H]3C)c3cc(F)c(nc31)-c1c(F)cccc1OCC(F)(F)CC2.CC(C)c1nccc2c1-n1c(=O)nc(N3C[C@@H](C)N(C(=O)OC(C)(C)C)C[C@@H]3C)c3cc(F)c(nc31)-c1c(F)cccc1OCC(F)(F)CC2. The summed E-state index contributed by atoms with van der Waals surface area (Å²) in [5.74, 6) is -17.1. The first-order chi connectivity index (χ1) is 67.7. The first kappa shape index (κ1) is 105. The molecule has 0 spiro atoms. The van der Waals surface area contributed by atoms with E-state index in [-0.39, 0.29) is 154 Å². The number of carbonyl (C=O) groups is 2. The Kier molecular flexibility index (Phi) is 29.8. The van der Waals surface area contributed by atoms with Crippen LogP contribution in [0.2, 0.25) is 0 Å². The normalized spacial score (nSPS) is 18.8. The van der Waals surface area contributed by atoms with E-state index in [4.69, 9.17) is 18.9 Å². The average molecular weight is 2010 g/mol. The average Bonchev–Trinajstić information content (AvgIpc) is 1.36. The first-order valence-electron chi connectivity index (χ1n) is 47.9. The van der Waals surface area contributed by atoms with Crippen molar-refractivity contribution >= 4 is 62.7 Å². The molecule has 2 N–H and O–H groups in total. The largest absolute Gasteiger partial charge is 0.507 e. The highest BCUT2D eigenvalue weighted by atomic mass is 19.3. The van der Waals surface area contributed by atoms with Gasteiger partial charge in [-0.1, -0.05) is 66.7 Å². The lowest BCUT2D eigenvalue weighted by Crippen LogP contribution is -2.59. The summed E-state index contributed by atoms with van der Waals surface area (Å²) < 4.78 is 210. The molecule has 0 aliphatic carbocycles. The maximum Gasteiger partial charge on any atom is 0.410 e. The van der Waals surface area contributed by atoms with Crippen LogP contribution < -0.4 is 41.2 Å². The second kappa shape index (κ2) is 40.9. The van der Waals surface area contributed by atoms with Crippen LogP contribution in [-0.2, 0) is 28.7 Å². The quantitative estimate of drug-likeness (QED) is 0.107. The molecule has 2 amide bonds.